The van der Waals surface area contributed by atoms with Crippen LogP contribution in [0.3, 0.4) is 0 Å². The minimum absolute atomic E-state index is 0.0795. The molecular formula is C15H25NO. The second-order valence-electron chi connectivity index (χ2n) is 4.68. The van der Waals surface area contributed by atoms with E-state index in [0.717, 1.165) is 31.4 Å². The Balaban J connectivity index is 3.18. The minimum atomic E-state index is 0.0795. The van der Waals surface area contributed by atoms with Crippen molar-refractivity contribution >= 4 is 0 Å². The van der Waals surface area contributed by atoms with Crippen LogP contribution in [0.5, 0.6) is 5.75 Å². The third-order valence-electron chi connectivity index (χ3n) is 3.53. The molecule has 1 rings (SSSR count). The Bertz CT molecular complexity index is 329. The van der Waals surface area contributed by atoms with Gasteiger partial charge in [-0.3, -0.25) is 0 Å². The van der Waals surface area contributed by atoms with Gasteiger partial charge in [-0.1, -0.05) is 44.9 Å². The Kier molecular flexibility index (Phi) is 5.49. The third kappa shape index (κ3) is 3.01. The van der Waals surface area contributed by atoms with Crippen LogP contribution in [0.25, 0.3) is 0 Å². The van der Waals surface area contributed by atoms with Gasteiger partial charge in [-0.25, -0.2) is 0 Å². The van der Waals surface area contributed by atoms with E-state index in [0.29, 0.717) is 6.54 Å². The molecule has 0 radical (unpaired) electrons. The molecule has 0 fully saturated rings. The maximum atomic E-state index is 6.08. The number of para-hydroxylation sites is 1. The lowest BCUT2D eigenvalue weighted by Gasteiger charge is -2.34. The molecule has 17 heavy (non-hydrogen) atoms. The van der Waals surface area contributed by atoms with Crippen molar-refractivity contribution in [3.8, 4) is 5.75 Å². The van der Waals surface area contributed by atoms with Gasteiger partial charge in [-0.05, 0) is 18.9 Å². The normalized spacial score (nSPS) is 11.5. The maximum absolute atomic E-state index is 6.08. The van der Waals surface area contributed by atoms with Crippen LogP contribution in [0.1, 0.15) is 45.1 Å². The van der Waals surface area contributed by atoms with E-state index in [1.165, 1.54) is 5.56 Å². The first-order chi connectivity index (χ1) is 8.24. The highest BCUT2D eigenvalue weighted by Gasteiger charge is 2.31. The lowest BCUT2D eigenvalue weighted by Crippen LogP contribution is -2.35. The lowest BCUT2D eigenvalue weighted by atomic mass is 9.73. The molecular weight excluding hydrogens is 210 g/mol. The van der Waals surface area contributed by atoms with Crippen LogP contribution in [-0.4, -0.2) is 13.7 Å². The molecule has 0 aliphatic heterocycles. The van der Waals surface area contributed by atoms with Gasteiger partial charge in [-0.2, -0.15) is 0 Å². The first-order valence-electron chi connectivity index (χ1n) is 6.57. The van der Waals surface area contributed by atoms with E-state index in [4.69, 9.17) is 10.5 Å². The van der Waals surface area contributed by atoms with Gasteiger partial charge in [0.1, 0.15) is 5.75 Å². The van der Waals surface area contributed by atoms with E-state index < -0.39 is 0 Å². The van der Waals surface area contributed by atoms with Crippen LogP contribution in [0.4, 0.5) is 0 Å². The number of hydrogen-bond donors (Lipinski definition) is 1. The predicted octanol–water partition coefficient (Wildman–Crippen LogP) is 3.49. The molecule has 0 saturated carbocycles. The number of benzene rings is 1. The second kappa shape index (κ2) is 6.65. The van der Waals surface area contributed by atoms with E-state index in [1.807, 2.05) is 12.1 Å². The summed E-state index contributed by atoms with van der Waals surface area (Å²) in [6, 6.07) is 8.29. The fourth-order valence-electron chi connectivity index (χ4n) is 2.75. The van der Waals surface area contributed by atoms with Gasteiger partial charge in [0.25, 0.3) is 0 Å². The van der Waals surface area contributed by atoms with Crippen LogP contribution in [0.2, 0.25) is 0 Å². The summed E-state index contributed by atoms with van der Waals surface area (Å²) >= 11 is 0. The standard InChI is InChI=1S/C15H25NO/c1-4-10-15(12-16,11-5-2)13-8-6-7-9-14(13)17-3/h6-9H,4-5,10-12,16H2,1-3H3. The van der Waals surface area contributed by atoms with E-state index in [2.05, 4.69) is 26.0 Å². The number of ether oxygens (including phenoxy) is 1. The maximum Gasteiger partial charge on any atom is 0.122 e. The third-order valence-corrected chi connectivity index (χ3v) is 3.53. The average Bonchev–Trinajstić information content (AvgIpc) is 2.38. The highest BCUT2D eigenvalue weighted by molar-refractivity contribution is 5.40. The molecule has 96 valence electrons. The fraction of sp³-hybridized carbons (Fsp3) is 0.600. The molecule has 0 atom stereocenters. The van der Waals surface area contributed by atoms with E-state index in [1.54, 1.807) is 7.11 Å². The largest absolute Gasteiger partial charge is 0.496 e. The first kappa shape index (κ1) is 14.0. The molecule has 0 heterocycles. The van der Waals surface area contributed by atoms with Gasteiger partial charge >= 0.3 is 0 Å². The Hall–Kier alpha value is -1.02. The number of rotatable bonds is 7. The molecule has 0 bridgehead atoms. The smallest absolute Gasteiger partial charge is 0.122 e. The summed E-state index contributed by atoms with van der Waals surface area (Å²) in [4.78, 5) is 0. The van der Waals surface area contributed by atoms with Crippen LogP contribution in [0.15, 0.2) is 24.3 Å². The zero-order chi connectivity index (χ0) is 12.7. The van der Waals surface area contributed by atoms with Crippen LogP contribution in [0, 0.1) is 0 Å². The second-order valence-corrected chi connectivity index (χ2v) is 4.68. The van der Waals surface area contributed by atoms with Gasteiger partial charge in [0.15, 0.2) is 0 Å². The van der Waals surface area contributed by atoms with Crippen molar-refractivity contribution in [1.82, 2.24) is 0 Å². The van der Waals surface area contributed by atoms with E-state index in [-0.39, 0.29) is 5.41 Å². The van der Waals surface area contributed by atoms with Crippen molar-refractivity contribution in [3.63, 3.8) is 0 Å². The number of methoxy groups -OCH3 is 1. The predicted molar refractivity (Wildman–Crippen MR) is 73.5 cm³/mol. The number of hydrogen-bond acceptors (Lipinski definition) is 2. The average molecular weight is 235 g/mol. The van der Waals surface area contributed by atoms with Gasteiger partial charge < -0.3 is 10.5 Å². The van der Waals surface area contributed by atoms with Gasteiger partial charge in [-0.15, -0.1) is 0 Å². The molecule has 1 aromatic carbocycles. The molecule has 2 N–H and O–H groups in total. The molecule has 0 aliphatic rings. The van der Waals surface area contributed by atoms with Gasteiger partial charge in [0.2, 0.25) is 0 Å². The Morgan fingerprint density at radius 3 is 2.18 bits per heavy atom. The van der Waals surface area contributed by atoms with Gasteiger partial charge in [0, 0.05) is 17.5 Å². The highest BCUT2D eigenvalue weighted by Crippen LogP contribution is 2.38. The van der Waals surface area contributed by atoms with Crippen molar-refractivity contribution < 1.29 is 4.74 Å². The van der Waals surface area contributed by atoms with Crippen LogP contribution >= 0.6 is 0 Å². The zero-order valence-electron chi connectivity index (χ0n) is 11.3. The number of nitrogens with two attached hydrogens (primary N) is 1. The quantitative estimate of drug-likeness (QED) is 0.785. The monoisotopic (exact) mass is 235 g/mol. The molecule has 1 aromatic rings. The molecule has 2 nitrogen and oxygen atoms in total. The zero-order valence-corrected chi connectivity index (χ0v) is 11.3. The van der Waals surface area contributed by atoms with Gasteiger partial charge in [0.05, 0.1) is 7.11 Å². The summed E-state index contributed by atoms with van der Waals surface area (Å²) in [5.41, 5.74) is 7.43. The summed E-state index contributed by atoms with van der Waals surface area (Å²) in [7, 11) is 1.73. The van der Waals surface area contributed by atoms with Crippen molar-refractivity contribution in [1.29, 1.82) is 0 Å². The molecule has 0 spiro atoms. The van der Waals surface area contributed by atoms with Crippen LogP contribution < -0.4 is 10.5 Å². The van der Waals surface area contributed by atoms with Crippen molar-refractivity contribution in [2.24, 2.45) is 5.73 Å². The molecule has 2 heteroatoms. The molecule has 0 unspecified atom stereocenters. The topological polar surface area (TPSA) is 35.2 Å². The molecule has 0 saturated heterocycles. The highest BCUT2D eigenvalue weighted by atomic mass is 16.5. The van der Waals surface area contributed by atoms with E-state index in [9.17, 15) is 0 Å². The van der Waals surface area contributed by atoms with Crippen molar-refractivity contribution in [2.75, 3.05) is 13.7 Å². The SMILES string of the molecule is CCCC(CN)(CCC)c1ccccc1OC. The summed E-state index contributed by atoms with van der Waals surface area (Å²) in [5, 5.41) is 0. The van der Waals surface area contributed by atoms with Crippen molar-refractivity contribution in [2.45, 2.75) is 44.9 Å². The lowest BCUT2D eigenvalue weighted by molar-refractivity contribution is 0.337. The van der Waals surface area contributed by atoms with Crippen molar-refractivity contribution in [3.05, 3.63) is 29.8 Å². The Morgan fingerprint density at radius 2 is 1.71 bits per heavy atom. The molecule has 0 aliphatic carbocycles. The summed E-state index contributed by atoms with van der Waals surface area (Å²) in [5.74, 6) is 0.972. The van der Waals surface area contributed by atoms with E-state index >= 15 is 0 Å². The summed E-state index contributed by atoms with van der Waals surface area (Å²) in [6.45, 7) is 5.13. The Labute approximate surface area is 105 Å². The summed E-state index contributed by atoms with van der Waals surface area (Å²) in [6.07, 6.45) is 4.54. The first-order valence-corrected chi connectivity index (χ1v) is 6.57. The summed E-state index contributed by atoms with van der Waals surface area (Å²) < 4.78 is 5.49. The molecule has 0 aromatic heterocycles. The molecule has 0 amide bonds. The minimum Gasteiger partial charge on any atom is -0.496 e. The Morgan fingerprint density at radius 1 is 1.12 bits per heavy atom. The van der Waals surface area contributed by atoms with Crippen LogP contribution in [-0.2, 0) is 5.41 Å². The fourth-order valence-corrected chi connectivity index (χ4v) is 2.75.